The molecule has 2 atom stereocenters. The van der Waals surface area contributed by atoms with Crippen molar-refractivity contribution in [1.29, 1.82) is 0 Å². The number of aromatic nitrogens is 4. The number of nitrogens with zero attached hydrogens (tertiary/aromatic N) is 4. The number of ether oxygens (including phenoxy) is 1. The summed E-state index contributed by atoms with van der Waals surface area (Å²) in [5, 5.41) is 2.38. The smallest absolute Gasteiger partial charge is 0.410 e. The molecule has 2 N–H and O–H groups in total. The molecule has 1 unspecified atom stereocenters. The van der Waals surface area contributed by atoms with Crippen LogP contribution in [0.15, 0.2) is 60.8 Å². The molecule has 2 aromatic heterocycles. The van der Waals surface area contributed by atoms with Crippen LogP contribution in [0.3, 0.4) is 0 Å². The van der Waals surface area contributed by atoms with E-state index in [9.17, 15) is 4.79 Å². The summed E-state index contributed by atoms with van der Waals surface area (Å²) in [6.07, 6.45) is 5.86. The van der Waals surface area contributed by atoms with Crippen LogP contribution in [0.4, 0.5) is 4.79 Å². The summed E-state index contributed by atoms with van der Waals surface area (Å²) in [6, 6.07) is 19.8. The number of fused-ring (bicyclic) bond motifs is 2. The van der Waals surface area contributed by atoms with Gasteiger partial charge in [0.15, 0.2) is 0 Å². The van der Waals surface area contributed by atoms with Crippen LogP contribution in [0.2, 0.25) is 0 Å². The van der Waals surface area contributed by atoms with Gasteiger partial charge in [0.05, 0.1) is 35.0 Å². The van der Waals surface area contributed by atoms with Crippen LogP contribution < -0.4 is 0 Å². The van der Waals surface area contributed by atoms with Gasteiger partial charge in [0.25, 0.3) is 0 Å². The summed E-state index contributed by atoms with van der Waals surface area (Å²) < 4.78 is 5.66. The lowest BCUT2D eigenvalue weighted by atomic mass is 9.99. The Labute approximate surface area is 246 Å². The Morgan fingerprint density at radius 2 is 1.55 bits per heavy atom. The lowest BCUT2D eigenvalue weighted by Crippen LogP contribution is -2.36. The van der Waals surface area contributed by atoms with Crippen LogP contribution in [-0.4, -0.2) is 61.6 Å². The Morgan fingerprint density at radius 3 is 2.31 bits per heavy atom. The number of carbonyl (C=O) groups excluding carboxylic acids is 1. The molecule has 7 rings (SSSR count). The highest BCUT2D eigenvalue weighted by Crippen LogP contribution is 2.35. The molecule has 42 heavy (non-hydrogen) atoms. The third-order valence-corrected chi connectivity index (χ3v) is 8.61. The van der Waals surface area contributed by atoms with Crippen molar-refractivity contribution in [2.24, 2.45) is 0 Å². The van der Waals surface area contributed by atoms with Crippen molar-refractivity contribution >= 4 is 27.9 Å². The minimum atomic E-state index is -0.524. The van der Waals surface area contributed by atoms with Crippen molar-refractivity contribution in [1.82, 2.24) is 29.7 Å². The Morgan fingerprint density at radius 1 is 0.857 bits per heavy atom. The first-order valence-electron chi connectivity index (χ1n) is 15.0. The molecule has 0 saturated carbocycles. The van der Waals surface area contributed by atoms with E-state index in [1.165, 1.54) is 17.2 Å². The molecule has 2 aliphatic heterocycles. The van der Waals surface area contributed by atoms with Crippen molar-refractivity contribution in [2.75, 3.05) is 20.1 Å². The number of amides is 1. The van der Waals surface area contributed by atoms with Gasteiger partial charge in [-0.25, -0.2) is 14.8 Å². The number of nitrogens with one attached hydrogen (secondary N) is 2. The normalized spacial score (nSPS) is 19.8. The van der Waals surface area contributed by atoms with Gasteiger partial charge in [-0.15, -0.1) is 0 Å². The minimum absolute atomic E-state index is 0.101. The number of aromatic amines is 2. The summed E-state index contributed by atoms with van der Waals surface area (Å²) in [4.78, 5) is 33.7. The summed E-state index contributed by atoms with van der Waals surface area (Å²) >= 11 is 0. The molecule has 216 valence electrons. The summed E-state index contributed by atoms with van der Waals surface area (Å²) in [5.74, 6) is 1.88. The molecule has 0 radical (unpaired) electrons. The average Bonchev–Trinajstić information content (AvgIpc) is 3.77. The molecule has 2 aliphatic rings. The minimum Gasteiger partial charge on any atom is -0.444 e. The molecule has 3 aromatic carbocycles. The molecule has 8 heteroatoms. The van der Waals surface area contributed by atoms with E-state index in [-0.39, 0.29) is 12.1 Å². The second kappa shape index (κ2) is 10.3. The molecule has 0 spiro atoms. The lowest BCUT2D eigenvalue weighted by Gasteiger charge is -2.27. The number of hydrogen-bond donors (Lipinski definition) is 2. The summed E-state index contributed by atoms with van der Waals surface area (Å²) in [5.41, 5.74) is 5.83. The maximum Gasteiger partial charge on any atom is 0.410 e. The molecule has 0 aliphatic carbocycles. The first-order valence-corrected chi connectivity index (χ1v) is 15.0. The van der Waals surface area contributed by atoms with E-state index in [2.05, 4.69) is 76.5 Å². The number of benzene rings is 3. The zero-order valence-corrected chi connectivity index (χ0v) is 24.8. The zero-order chi connectivity index (χ0) is 29.0. The van der Waals surface area contributed by atoms with Gasteiger partial charge in [-0.2, -0.15) is 0 Å². The highest BCUT2D eigenvalue weighted by molar-refractivity contribution is 5.91. The van der Waals surface area contributed by atoms with E-state index in [4.69, 9.17) is 14.7 Å². The number of carbonyl (C=O) groups is 1. The largest absolute Gasteiger partial charge is 0.444 e. The molecule has 2 saturated heterocycles. The van der Waals surface area contributed by atoms with Crippen LogP contribution in [0, 0.1) is 0 Å². The fourth-order valence-electron chi connectivity index (χ4n) is 6.46. The fraction of sp³-hybridized carbons (Fsp3) is 0.382. The Kier molecular flexibility index (Phi) is 6.54. The molecular weight excluding hydrogens is 524 g/mol. The fourth-order valence-corrected chi connectivity index (χ4v) is 6.46. The van der Waals surface area contributed by atoms with Gasteiger partial charge < -0.3 is 14.7 Å². The molecule has 4 heterocycles. The van der Waals surface area contributed by atoms with Crippen molar-refractivity contribution in [2.45, 2.75) is 64.1 Å². The maximum atomic E-state index is 12.8. The number of imidazole rings is 2. The lowest BCUT2D eigenvalue weighted by molar-refractivity contribution is 0.0219. The third-order valence-electron chi connectivity index (χ3n) is 8.61. The Balaban J connectivity index is 1.13. The van der Waals surface area contributed by atoms with Gasteiger partial charge in [-0.05, 0) is 106 Å². The van der Waals surface area contributed by atoms with Gasteiger partial charge >= 0.3 is 6.09 Å². The van der Waals surface area contributed by atoms with Crippen LogP contribution in [0.1, 0.15) is 70.2 Å². The SMILES string of the molecule is CN1CCC[C@H]1c1ncc(-c2ccc3cc(-c4ccc5nc(C6CCCN6C(=O)OC(C)(C)C)[nH]c5c4)ccc3c2)[nH]1. The maximum absolute atomic E-state index is 12.8. The topological polar surface area (TPSA) is 90.1 Å². The Hall–Kier alpha value is -4.17. The van der Waals surface area contributed by atoms with E-state index < -0.39 is 5.60 Å². The van der Waals surface area contributed by atoms with Crippen LogP contribution in [-0.2, 0) is 4.74 Å². The van der Waals surface area contributed by atoms with Gasteiger partial charge in [0.1, 0.15) is 17.2 Å². The van der Waals surface area contributed by atoms with E-state index in [0.29, 0.717) is 12.6 Å². The highest BCUT2D eigenvalue weighted by Gasteiger charge is 2.35. The third kappa shape index (κ3) is 5.04. The van der Waals surface area contributed by atoms with Gasteiger partial charge in [-0.1, -0.05) is 30.3 Å². The number of hydrogen-bond acceptors (Lipinski definition) is 5. The van der Waals surface area contributed by atoms with Crippen molar-refractivity contribution in [3.63, 3.8) is 0 Å². The summed E-state index contributed by atoms with van der Waals surface area (Å²) in [6.45, 7) is 7.50. The molecule has 0 bridgehead atoms. The molecule has 5 aromatic rings. The van der Waals surface area contributed by atoms with E-state index in [0.717, 1.165) is 70.9 Å². The van der Waals surface area contributed by atoms with E-state index in [1.54, 1.807) is 4.90 Å². The number of H-pyrrole nitrogens is 2. The average molecular weight is 563 g/mol. The molecule has 8 nitrogen and oxygen atoms in total. The van der Waals surface area contributed by atoms with E-state index >= 15 is 0 Å². The first-order chi connectivity index (χ1) is 20.2. The van der Waals surface area contributed by atoms with Crippen molar-refractivity contribution < 1.29 is 9.53 Å². The summed E-state index contributed by atoms with van der Waals surface area (Å²) in [7, 11) is 2.17. The van der Waals surface area contributed by atoms with Crippen LogP contribution >= 0.6 is 0 Å². The standard InChI is InChI=1S/C34H38N6O2/c1-34(2,3)42-33(41)40-16-6-8-30(40)32-36-26-14-13-24(19-27(26)37-32)22-9-10-23-18-25(12-11-21(23)17-22)28-20-35-31(38-28)29-7-5-15-39(29)4/h9-14,17-20,29-30H,5-8,15-16H2,1-4H3,(H,35,38)(H,36,37)/t29-,30?/m0/s1. The predicted octanol–water partition coefficient (Wildman–Crippen LogP) is 7.61. The molecule has 1 amide bonds. The quantitative estimate of drug-likeness (QED) is 0.235. The first kappa shape index (κ1) is 26.7. The van der Waals surface area contributed by atoms with Crippen LogP contribution in [0.5, 0.6) is 0 Å². The molecule has 2 fully saturated rings. The second-order valence-electron chi connectivity index (χ2n) is 12.8. The number of likely N-dealkylation sites (tertiary alicyclic amines) is 2. The van der Waals surface area contributed by atoms with Gasteiger partial charge in [0, 0.05) is 12.1 Å². The zero-order valence-electron chi connectivity index (χ0n) is 24.8. The predicted molar refractivity (Wildman–Crippen MR) is 166 cm³/mol. The highest BCUT2D eigenvalue weighted by atomic mass is 16.6. The van der Waals surface area contributed by atoms with E-state index in [1.807, 2.05) is 27.0 Å². The van der Waals surface area contributed by atoms with Crippen molar-refractivity contribution in [3.8, 4) is 22.4 Å². The number of rotatable bonds is 4. The van der Waals surface area contributed by atoms with Gasteiger partial charge in [-0.3, -0.25) is 9.80 Å². The van der Waals surface area contributed by atoms with Crippen LogP contribution in [0.25, 0.3) is 44.2 Å². The monoisotopic (exact) mass is 562 g/mol. The second-order valence-corrected chi connectivity index (χ2v) is 12.8. The van der Waals surface area contributed by atoms with Gasteiger partial charge in [0.2, 0.25) is 0 Å². The molecular formula is C34H38N6O2. The Bertz CT molecular complexity index is 1780. The van der Waals surface area contributed by atoms with Crippen molar-refractivity contribution in [3.05, 3.63) is 72.4 Å².